The first-order valence-corrected chi connectivity index (χ1v) is 6.49. The lowest BCUT2D eigenvalue weighted by atomic mass is 9.92. The normalized spacial score (nSPS) is 17.6. The molecule has 2 heterocycles. The quantitative estimate of drug-likeness (QED) is 0.863. The Hall–Kier alpha value is -0.680. The molecule has 1 saturated heterocycles. The van der Waals surface area contributed by atoms with Gasteiger partial charge in [-0.3, -0.25) is 9.48 Å². The van der Waals surface area contributed by atoms with Crippen LogP contribution in [0.2, 0.25) is 0 Å². The standard InChI is InChI=1S/C11H16BrN3O/c1-2-15-10(9(12)7-14-15)11(16)8-3-5-13-6-4-8/h7-8,13H,2-6H2,1H3. The maximum Gasteiger partial charge on any atom is 0.185 e. The van der Waals surface area contributed by atoms with E-state index in [1.54, 1.807) is 10.9 Å². The van der Waals surface area contributed by atoms with E-state index < -0.39 is 0 Å². The molecule has 0 aromatic carbocycles. The molecular weight excluding hydrogens is 270 g/mol. The van der Waals surface area contributed by atoms with Gasteiger partial charge in [-0.05, 0) is 48.8 Å². The number of nitrogens with one attached hydrogen (secondary N) is 1. The second-order valence-electron chi connectivity index (χ2n) is 4.05. The van der Waals surface area contributed by atoms with E-state index in [0.29, 0.717) is 0 Å². The fraction of sp³-hybridized carbons (Fsp3) is 0.636. The van der Waals surface area contributed by atoms with Gasteiger partial charge in [0.05, 0.1) is 10.7 Å². The van der Waals surface area contributed by atoms with Crippen LogP contribution >= 0.6 is 15.9 Å². The van der Waals surface area contributed by atoms with Crippen LogP contribution in [0, 0.1) is 5.92 Å². The number of halogens is 1. The van der Waals surface area contributed by atoms with E-state index in [1.165, 1.54) is 0 Å². The predicted octanol–water partition coefficient (Wildman–Crippen LogP) is 1.85. The summed E-state index contributed by atoms with van der Waals surface area (Å²) in [5.41, 5.74) is 0.731. The highest BCUT2D eigenvalue weighted by molar-refractivity contribution is 9.10. The molecule has 1 aromatic heterocycles. The van der Waals surface area contributed by atoms with Crippen molar-refractivity contribution in [2.45, 2.75) is 26.3 Å². The van der Waals surface area contributed by atoms with Gasteiger partial charge >= 0.3 is 0 Å². The average molecular weight is 286 g/mol. The Morgan fingerprint density at radius 1 is 1.62 bits per heavy atom. The van der Waals surface area contributed by atoms with Crippen LogP contribution in [0.1, 0.15) is 30.3 Å². The lowest BCUT2D eigenvalue weighted by molar-refractivity contribution is 0.0883. The van der Waals surface area contributed by atoms with Gasteiger partial charge in [-0.1, -0.05) is 0 Å². The van der Waals surface area contributed by atoms with Crippen LogP contribution in [0.4, 0.5) is 0 Å². The minimum absolute atomic E-state index is 0.152. The third kappa shape index (κ3) is 2.20. The van der Waals surface area contributed by atoms with Gasteiger partial charge in [0.1, 0.15) is 5.69 Å². The summed E-state index contributed by atoms with van der Waals surface area (Å²) in [6.45, 7) is 4.61. The second kappa shape index (κ2) is 5.10. The molecule has 1 N–H and O–H groups in total. The van der Waals surface area contributed by atoms with Crippen molar-refractivity contribution in [1.29, 1.82) is 0 Å². The largest absolute Gasteiger partial charge is 0.317 e. The highest BCUT2D eigenvalue weighted by Crippen LogP contribution is 2.23. The van der Waals surface area contributed by atoms with E-state index in [4.69, 9.17) is 0 Å². The number of nitrogens with zero attached hydrogens (tertiary/aromatic N) is 2. The molecule has 0 unspecified atom stereocenters. The minimum Gasteiger partial charge on any atom is -0.317 e. The summed E-state index contributed by atoms with van der Waals surface area (Å²) in [7, 11) is 0. The Morgan fingerprint density at radius 3 is 2.94 bits per heavy atom. The summed E-state index contributed by atoms with van der Waals surface area (Å²) in [5, 5.41) is 7.46. The molecule has 2 rings (SSSR count). The maximum atomic E-state index is 12.3. The van der Waals surface area contributed by atoms with Crippen molar-refractivity contribution in [2.24, 2.45) is 5.92 Å². The molecule has 0 aliphatic carbocycles. The first kappa shape index (κ1) is 11.8. The first-order chi connectivity index (χ1) is 7.74. The van der Waals surface area contributed by atoms with Crippen molar-refractivity contribution in [3.63, 3.8) is 0 Å². The molecular formula is C11H16BrN3O. The fourth-order valence-corrected chi connectivity index (χ4v) is 2.62. The zero-order valence-electron chi connectivity index (χ0n) is 9.37. The van der Waals surface area contributed by atoms with Gasteiger partial charge in [-0.15, -0.1) is 0 Å². The van der Waals surface area contributed by atoms with Gasteiger partial charge in [0.2, 0.25) is 0 Å². The van der Waals surface area contributed by atoms with Crippen LogP contribution in [0.25, 0.3) is 0 Å². The fourth-order valence-electron chi connectivity index (χ4n) is 2.12. The third-order valence-electron chi connectivity index (χ3n) is 3.04. The number of aromatic nitrogens is 2. The Kier molecular flexibility index (Phi) is 3.76. The van der Waals surface area contributed by atoms with Crippen LogP contribution in [-0.4, -0.2) is 28.7 Å². The second-order valence-corrected chi connectivity index (χ2v) is 4.90. The van der Waals surface area contributed by atoms with Crippen molar-refractivity contribution in [3.8, 4) is 0 Å². The maximum absolute atomic E-state index is 12.3. The lowest BCUT2D eigenvalue weighted by Gasteiger charge is -2.21. The minimum atomic E-state index is 0.152. The highest BCUT2D eigenvalue weighted by Gasteiger charge is 2.26. The van der Waals surface area contributed by atoms with Crippen molar-refractivity contribution >= 4 is 21.7 Å². The molecule has 0 radical (unpaired) electrons. The van der Waals surface area contributed by atoms with Crippen molar-refractivity contribution in [1.82, 2.24) is 15.1 Å². The summed E-state index contributed by atoms with van der Waals surface area (Å²) in [5.74, 6) is 0.382. The van der Waals surface area contributed by atoms with Crippen molar-refractivity contribution in [2.75, 3.05) is 13.1 Å². The van der Waals surface area contributed by atoms with E-state index in [0.717, 1.165) is 42.6 Å². The van der Waals surface area contributed by atoms with Gasteiger partial charge in [-0.2, -0.15) is 5.10 Å². The summed E-state index contributed by atoms with van der Waals surface area (Å²) >= 11 is 3.41. The smallest absolute Gasteiger partial charge is 0.185 e. The number of ketones is 1. The van der Waals surface area contributed by atoms with Crippen molar-refractivity contribution in [3.05, 3.63) is 16.4 Å². The lowest BCUT2D eigenvalue weighted by Crippen LogP contribution is -2.32. The van der Waals surface area contributed by atoms with E-state index >= 15 is 0 Å². The zero-order chi connectivity index (χ0) is 11.5. The van der Waals surface area contributed by atoms with Crippen LogP contribution in [-0.2, 0) is 6.54 Å². The third-order valence-corrected chi connectivity index (χ3v) is 3.62. The summed E-state index contributed by atoms with van der Waals surface area (Å²) < 4.78 is 2.59. The van der Waals surface area contributed by atoms with E-state index in [9.17, 15) is 4.79 Å². The van der Waals surface area contributed by atoms with E-state index in [1.807, 2.05) is 6.92 Å². The summed E-state index contributed by atoms with van der Waals surface area (Å²) in [6.07, 6.45) is 3.57. The van der Waals surface area contributed by atoms with E-state index in [-0.39, 0.29) is 11.7 Å². The van der Waals surface area contributed by atoms with Gasteiger partial charge in [0.15, 0.2) is 5.78 Å². The molecule has 1 aromatic rings. The molecule has 0 bridgehead atoms. The monoisotopic (exact) mass is 285 g/mol. The Morgan fingerprint density at radius 2 is 2.31 bits per heavy atom. The first-order valence-electron chi connectivity index (χ1n) is 5.70. The molecule has 0 atom stereocenters. The number of Topliss-reactive ketones (excluding diaryl/α,β-unsaturated/α-hetero) is 1. The number of carbonyl (C=O) groups is 1. The number of hydrogen-bond donors (Lipinski definition) is 1. The predicted molar refractivity (Wildman–Crippen MR) is 65.5 cm³/mol. The average Bonchev–Trinajstić information content (AvgIpc) is 2.70. The molecule has 88 valence electrons. The number of rotatable bonds is 3. The topological polar surface area (TPSA) is 46.9 Å². The SMILES string of the molecule is CCn1ncc(Br)c1C(=O)C1CCNCC1. The van der Waals surface area contributed by atoms with Crippen molar-refractivity contribution < 1.29 is 4.79 Å². The number of piperidine rings is 1. The zero-order valence-corrected chi connectivity index (χ0v) is 11.0. The molecule has 1 aliphatic heterocycles. The Balaban J connectivity index is 2.21. The van der Waals surface area contributed by atoms with Crippen LogP contribution in [0.3, 0.4) is 0 Å². The van der Waals surface area contributed by atoms with Gasteiger partial charge < -0.3 is 5.32 Å². The van der Waals surface area contributed by atoms with Crippen LogP contribution < -0.4 is 5.32 Å². The summed E-state index contributed by atoms with van der Waals surface area (Å²) in [6, 6.07) is 0. The van der Waals surface area contributed by atoms with Crippen LogP contribution in [0.15, 0.2) is 10.7 Å². The van der Waals surface area contributed by atoms with Gasteiger partial charge in [0.25, 0.3) is 0 Å². The molecule has 4 nitrogen and oxygen atoms in total. The molecule has 1 aliphatic rings. The molecule has 0 amide bonds. The summed E-state index contributed by atoms with van der Waals surface area (Å²) in [4.78, 5) is 12.3. The Labute approximate surface area is 104 Å². The van der Waals surface area contributed by atoms with Gasteiger partial charge in [-0.25, -0.2) is 0 Å². The Bertz CT molecular complexity index is 383. The van der Waals surface area contributed by atoms with Gasteiger partial charge in [0, 0.05) is 12.5 Å². The van der Waals surface area contributed by atoms with E-state index in [2.05, 4.69) is 26.3 Å². The molecule has 5 heteroatoms. The highest BCUT2D eigenvalue weighted by atomic mass is 79.9. The number of carbonyl (C=O) groups excluding carboxylic acids is 1. The number of hydrogen-bond acceptors (Lipinski definition) is 3. The molecule has 16 heavy (non-hydrogen) atoms. The van der Waals surface area contributed by atoms with Crippen LogP contribution in [0.5, 0.6) is 0 Å². The molecule has 0 spiro atoms. The molecule has 0 saturated carbocycles. The molecule has 1 fully saturated rings. The number of aryl methyl sites for hydroxylation is 1.